The molecule has 1 aromatic carbocycles. The lowest BCUT2D eigenvalue weighted by Crippen LogP contribution is -2.23. The second kappa shape index (κ2) is 6.30. The van der Waals surface area contributed by atoms with Gasteiger partial charge in [0.05, 0.1) is 0 Å². The summed E-state index contributed by atoms with van der Waals surface area (Å²) in [6, 6.07) is 7.61. The molecule has 1 heterocycles. The highest BCUT2D eigenvalue weighted by atomic mass is 19.1. The van der Waals surface area contributed by atoms with Crippen LogP contribution in [0.5, 0.6) is 0 Å². The zero-order valence-electron chi connectivity index (χ0n) is 11.8. The molecule has 21 heavy (non-hydrogen) atoms. The highest BCUT2D eigenvalue weighted by Gasteiger charge is 2.12. The molecule has 1 amide bonds. The number of hydrogen-bond acceptors (Lipinski definition) is 3. The fourth-order valence-electron chi connectivity index (χ4n) is 1.92. The van der Waals surface area contributed by atoms with Crippen molar-refractivity contribution < 1.29 is 9.18 Å². The molecule has 0 bridgehead atoms. The molecule has 1 aromatic heterocycles. The summed E-state index contributed by atoms with van der Waals surface area (Å²) in [5, 5.41) is 2.58. The number of carbonyl (C=O) groups excluding carboxylic acids is 1. The number of rotatable bonds is 4. The number of aryl methyl sites for hydroxylation is 1. The minimum Gasteiger partial charge on any atom is -0.310 e. The van der Waals surface area contributed by atoms with Crippen LogP contribution in [0, 0.1) is 5.82 Å². The van der Waals surface area contributed by atoms with E-state index < -0.39 is 5.69 Å². The van der Waals surface area contributed by atoms with Gasteiger partial charge >= 0.3 is 5.69 Å². The van der Waals surface area contributed by atoms with Gasteiger partial charge < -0.3 is 9.88 Å². The van der Waals surface area contributed by atoms with Crippen LogP contribution in [0.4, 0.5) is 10.2 Å². The molecular formula is C15H16FN3O2. The number of hydrogen-bond donors (Lipinski definition) is 1. The van der Waals surface area contributed by atoms with Crippen molar-refractivity contribution in [1.82, 2.24) is 9.55 Å². The standard InChI is InChI=1S/C15H16FN3O2/c1-10(11-3-5-12(16)6-4-11)9-14(20)17-13-7-8-19(2)15(21)18-13/h3-8,10H,9H2,1-2H3,(H,17,18,20,21). The first-order chi connectivity index (χ1) is 9.95. The fraction of sp³-hybridized carbons (Fsp3) is 0.267. The molecule has 2 rings (SSSR count). The van der Waals surface area contributed by atoms with Crippen LogP contribution in [-0.2, 0) is 11.8 Å². The quantitative estimate of drug-likeness (QED) is 0.937. The third kappa shape index (κ3) is 3.98. The minimum atomic E-state index is -0.431. The summed E-state index contributed by atoms with van der Waals surface area (Å²) in [7, 11) is 1.58. The van der Waals surface area contributed by atoms with E-state index in [-0.39, 0.29) is 29.9 Å². The van der Waals surface area contributed by atoms with Crippen LogP contribution in [0.3, 0.4) is 0 Å². The van der Waals surface area contributed by atoms with Crippen LogP contribution in [-0.4, -0.2) is 15.5 Å². The minimum absolute atomic E-state index is 0.0582. The van der Waals surface area contributed by atoms with Crippen molar-refractivity contribution in [3.05, 3.63) is 58.4 Å². The van der Waals surface area contributed by atoms with Crippen LogP contribution in [0.15, 0.2) is 41.3 Å². The van der Waals surface area contributed by atoms with E-state index in [1.165, 1.54) is 22.9 Å². The molecule has 0 saturated heterocycles. The summed E-state index contributed by atoms with van der Waals surface area (Å²) in [4.78, 5) is 27.0. The molecule has 0 aliphatic heterocycles. The van der Waals surface area contributed by atoms with Crippen molar-refractivity contribution >= 4 is 11.7 Å². The first-order valence-electron chi connectivity index (χ1n) is 6.54. The summed E-state index contributed by atoms with van der Waals surface area (Å²) in [5.41, 5.74) is 0.447. The van der Waals surface area contributed by atoms with Crippen LogP contribution in [0.1, 0.15) is 24.8 Å². The van der Waals surface area contributed by atoms with Gasteiger partial charge in [0.1, 0.15) is 11.6 Å². The molecule has 2 aromatic rings. The third-order valence-electron chi connectivity index (χ3n) is 3.17. The molecular weight excluding hydrogens is 273 g/mol. The maximum Gasteiger partial charge on any atom is 0.349 e. The Labute approximate surface area is 121 Å². The van der Waals surface area contributed by atoms with Gasteiger partial charge in [-0.15, -0.1) is 0 Å². The topological polar surface area (TPSA) is 64.0 Å². The van der Waals surface area contributed by atoms with E-state index in [4.69, 9.17) is 0 Å². The van der Waals surface area contributed by atoms with E-state index in [0.29, 0.717) is 0 Å². The first-order valence-corrected chi connectivity index (χ1v) is 6.54. The molecule has 5 nitrogen and oxygen atoms in total. The average molecular weight is 289 g/mol. The largest absolute Gasteiger partial charge is 0.349 e. The third-order valence-corrected chi connectivity index (χ3v) is 3.17. The highest BCUT2D eigenvalue weighted by molar-refractivity contribution is 5.90. The molecule has 0 spiro atoms. The van der Waals surface area contributed by atoms with E-state index in [9.17, 15) is 14.0 Å². The molecule has 1 atom stereocenters. The van der Waals surface area contributed by atoms with E-state index in [1.807, 2.05) is 6.92 Å². The number of anilines is 1. The predicted molar refractivity (Wildman–Crippen MR) is 77.5 cm³/mol. The average Bonchev–Trinajstić information content (AvgIpc) is 2.43. The Morgan fingerprint density at radius 1 is 1.33 bits per heavy atom. The van der Waals surface area contributed by atoms with Gasteiger partial charge in [-0.25, -0.2) is 9.18 Å². The zero-order chi connectivity index (χ0) is 15.4. The van der Waals surface area contributed by atoms with E-state index in [0.717, 1.165) is 5.56 Å². The summed E-state index contributed by atoms with van der Waals surface area (Å²) >= 11 is 0. The first kappa shape index (κ1) is 14.9. The summed E-state index contributed by atoms with van der Waals surface area (Å²) in [5.74, 6) is -0.376. The van der Waals surface area contributed by atoms with Crippen molar-refractivity contribution in [2.75, 3.05) is 5.32 Å². The van der Waals surface area contributed by atoms with Gasteiger partial charge in [-0.05, 0) is 29.7 Å². The lowest BCUT2D eigenvalue weighted by Gasteiger charge is -2.11. The Hall–Kier alpha value is -2.50. The molecule has 110 valence electrons. The van der Waals surface area contributed by atoms with Gasteiger partial charge in [-0.3, -0.25) is 4.79 Å². The summed E-state index contributed by atoms with van der Waals surface area (Å²) in [6.07, 6.45) is 1.76. The number of nitrogens with one attached hydrogen (secondary N) is 1. The van der Waals surface area contributed by atoms with Crippen LogP contribution >= 0.6 is 0 Å². The van der Waals surface area contributed by atoms with Crippen LogP contribution in [0.25, 0.3) is 0 Å². The van der Waals surface area contributed by atoms with E-state index in [2.05, 4.69) is 10.3 Å². The summed E-state index contributed by atoms with van der Waals surface area (Å²) < 4.78 is 14.2. The van der Waals surface area contributed by atoms with Crippen molar-refractivity contribution in [2.45, 2.75) is 19.3 Å². The molecule has 0 fully saturated rings. The van der Waals surface area contributed by atoms with Gasteiger partial charge in [-0.2, -0.15) is 4.98 Å². The lowest BCUT2D eigenvalue weighted by molar-refractivity contribution is -0.116. The Bertz CT molecular complexity index is 695. The predicted octanol–water partition coefficient (Wildman–Crippen LogP) is 2.05. The molecule has 0 aliphatic carbocycles. The number of halogens is 1. The zero-order valence-corrected chi connectivity index (χ0v) is 11.8. The molecule has 1 unspecified atom stereocenters. The number of aromatic nitrogens is 2. The summed E-state index contributed by atoms with van der Waals surface area (Å²) in [6.45, 7) is 1.88. The van der Waals surface area contributed by atoms with Crippen molar-refractivity contribution in [3.8, 4) is 0 Å². The van der Waals surface area contributed by atoms with Gasteiger partial charge in [-0.1, -0.05) is 19.1 Å². The molecule has 0 aliphatic rings. The van der Waals surface area contributed by atoms with E-state index in [1.54, 1.807) is 25.2 Å². The van der Waals surface area contributed by atoms with E-state index >= 15 is 0 Å². The highest BCUT2D eigenvalue weighted by Crippen LogP contribution is 2.19. The molecule has 0 radical (unpaired) electrons. The van der Waals surface area contributed by atoms with Gasteiger partial charge in [0, 0.05) is 19.7 Å². The number of nitrogens with zero attached hydrogens (tertiary/aromatic N) is 2. The Balaban J connectivity index is 1.99. The second-order valence-electron chi connectivity index (χ2n) is 4.91. The number of amides is 1. The smallest absolute Gasteiger partial charge is 0.310 e. The maximum absolute atomic E-state index is 12.9. The SMILES string of the molecule is CC(CC(=O)Nc1ccn(C)c(=O)n1)c1ccc(F)cc1. The molecule has 6 heteroatoms. The fourth-order valence-corrected chi connectivity index (χ4v) is 1.92. The second-order valence-corrected chi connectivity index (χ2v) is 4.91. The van der Waals surface area contributed by atoms with Crippen molar-refractivity contribution in [3.63, 3.8) is 0 Å². The Kier molecular flexibility index (Phi) is 4.47. The maximum atomic E-state index is 12.9. The monoisotopic (exact) mass is 289 g/mol. The molecule has 0 saturated carbocycles. The van der Waals surface area contributed by atoms with Crippen LogP contribution in [0.2, 0.25) is 0 Å². The number of benzene rings is 1. The van der Waals surface area contributed by atoms with Gasteiger partial charge in [0.15, 0.2) is 0 Å². The molecule has 1 N–H and O–H groups in total. The van der Waals surface area contributed by atoms with Gasteiger partial charge in [0.25, 0.3) is 0 Å². The van der Waals surface area contributed by atoms with Crippen molar-refractivity contribution in [2.24, 2.45) is 7.05 Å². The van der Waals surface area contributed by atoms with Crippen LogP contribution < -0.4 is 11.0 Å². The Morgan fingerprint density at radius 3 is 2.62 bits per heavy atom. The van der Waals surface area contributed by atoms with Gasteiger partial charge in [0.2, 0.25) is 5.91 Å². The lowest BCUT2D eigenvalue weighted by atomic mass is 9.97. The van der Waals surface area contributed by atoms with Crippen molar-refractivity contribution in [1.29, 1.82) is 0 Å². The normalized spacial score (nSPS) is 12.0. The Morgan fingerprint density at radius 2 is 2.00 bits per heavy atom. The number of carbonyl (C=O) groups is 1.